The first-order chi connectivity index (χ1) is 10.3. The summed E-state index contributed by atoms with van der Waals surface area (Å²) < 4.78 is 24.8. The number of sulfonamides is 1. The van der Waals surface area contributed by atoms with E-state index in [0.29, 0.717) is 23.0 Å². The van der Waals surface area contributed by atoms with Crippen molar-refractivity contribution < 1.29 is 13.2 Å². The molecule has 1 aromatic carbocycles. The normalized spacial score (nSPS) is 19.9. The summed E-state index contributed by atoms with van der Waals surface area (Å²) >= 11 is 11.9. The van der Waals surface area contributed by atoms with Gasteiger partial charge in [0.1, 0.15) is 6.04 Å². The minimum absolute atomic E-state index is 0.239. The van der Waals surface area contributed by atoms with Gasteiger partial charge in [-0.15, -0.1) is 0 Å². The number of benzene rings is 1. The van der Waals surface area contributed by atoms with Crippen LogP contribution in [0.4, 0.5) is 0 Å². The lowest BCUT2D eigenvalue weighted by Crippen LogP contribution is -2.51. The van der Waals surface area contributed by atoms with Gasteiger partial charge < -0.3 is 5.32 Å². The quantitative estimate of drug-likeness (QED) is 0.891. The molecule has 1 N–H and O–H groups in total. The first-order valence-corrected chi connectivity index (χ1v) is 9.58. The van der Waals surface area contributed by atoms with Crippen LogP contribution >= 0.6 is 23.2 Å². The van der Waals surface area contributed by atoms with E-state index in [0.717, 1.165) is 24.7 Å². The number of amides is 1. The Bertz CT molecular complexity index is 664. The van der Waals surface area contributed by atoms with Gasteiger partial charge in [-0.25, -0.2) is 8.42 Å². The monoisotopic (exact) mass is 364 g/mol. The van der Waals surface area contributed by atoms with E-state index in [1.54, 1.807) is 18.2 Å². The summed E-state index contributed by atoms with van der Waals surface area (Å²) in [6.07, 6.45) is 3.29. The second-order valence-electron chi connectivity index (χ2n) is 5.34. The van der Waals surface area contributed by atoms with Crippen LogP contribution < -0.4 is 5.32 Å². The van der Waals surface area contributed by atoms with Gasteiger partial charge in [-0.05, 0) is 30.5 Å². The Kier molecular flexibility index (Phi) is 5.71. The zero-order valence-electron chi connectivity index (χ0n) is 12.2. The van der Waals surface area contributed by atoms with Gasteiger partial charge in [-0.1, -0.05) is 35.7 Å². The van der Waals surface area contributed by atoms with E-state index >= 15 is 0 Å². The molecule has 1 aliphatic heterocycles. The molecule has 8 heteroatoms. The molecule has 0 saturated carbocycles. The zero-order valence-corrected chi connectivity index (χ0v) is 14.5. The third-order valence-corrected chi connectivity index (χ3v) is 5.53. The third-order valence-electron chi connectivity index (χ3n) is 3.65. The molecule has 1 heterocycles. The number of nitrogens with one attached hydrogen (secondary N) is 1. The Morgan fingerprint density at radius 1 is 1.36 bits per heavy atom. The molecule has 5 nitrogen and oxygen atoms in total. The van der Waals surface area contributed by atoms with Crippen molar-refractivity contribution in [2.75, 3.05) is 12.8 Å². The van der Waals surface area contributed by atoms with Gasteiger partial charge in [0.15, 0.2) is 0 Å². The summed E-state index contributed by atoms with van der Waals surface area (Å²) in [4.78, 5) is 12.3. The second-order valence-corrected chi connectivity index (χ2v) is 8.12. The van der Waals surface area contributed by atoms with E-state index in [1.807, 2.05) is 0 Å². The van der Waals surface area contributed by atoms with E-state index in [9.17, 15) is 13.2 Å². The fourth-order valence-electron chi connectivity index (χ4n) is 2.53. The fraction of sp³-hybridized carbons (Fsp3) is 0.500. The summed E-state index contributed by atoms with van der Waals surface area (Å²) in [5, 5.41) is 3.75. The van der Waals surface area contributed by atoms with Gasteiger partial charge in [0, 0.05) is 23.1 Å². The standard InChI is InChI=1S/C14H18Cl2N2O3S/c1-22(20,21)18-7-3-2-4-13(18)14(19)17-9-10-5-6-11(15)8-12(10)16/h5-6,8,13H,2-4,7,9H2,1H3,(H,17,19). The zero-order chi connectivity index (χ0) is 16.3. The van der Waals surface area contributed by atoms with Crippen molar-refractivity contribution in [3.63, 3.8) is 0 Å². The van der Waals surface area contributed by atoms with E-state index < -0.39 is 16.1 Å². The molecular formula is C14H18Cl2N2O3S. The summed E-state index contributed by atoms with van der Waals surface area (Å²) in [6, 6.07) is 4.39. The number of carbonyl (C=O) groups is 1. The van der Waals surface area contributed by atoms with Gasteiger partial charge in [0.2, 0.25) is 15.9 Å². The Hall–Kier alpha value is -0.820. The summed E-state index contributed by atoms with van der Waals surface area (Å²) in [5.41, 5.74) is 0.737. The van der Waals surface area contributed by atoms with Crippen molar-refractivity contribution in [3.05, 3.63) is 33.8 Å². The molecule has 22 heavy (non-hydrogen) atoms. The third kappa shape index (κ3) is 4.35. The molecule has 0 aliphatic carbocycles. The maximum absolute atomic E-state index is 12.3. The van der Waals surface area contributed by atoms with Gasteiger partial charge >= 0.3 is 0 Å². The molecule has 0 bridgehead atoms. The highest BCUT2D eigenvalue weighted by atomic mass is 35.5. The maximum atomic E-state index is 12.3. The van der Waals surface area contributed by atoms with Crippen molar-refractivity contribution in [2.45, 2.75) is 31.8 Å². The van der Waals surface area contributed by atoms with Crippen LogP contribution in [-0.4, -0.2) is 37.5 Å². The number of hydrogen-bond acceptors (Lipinski definition) is 3. The molecule has 1 unspecified atom stereocenters. The van der Waals surface area contributed by atoms with Crippen LogP contribution in [0.3, 0.4) is 0 Å². The number of halogens is 2. The average molecular weight is 365 g/mol. The molecule has 0 aromatic heterocycles. The Balaban J connectivity index is 2.04. The van der Waals surface area contributed by atoms with Crippen LogP contribution in [0, 0.1) is 0 Å². The summed E-state index contributed by atoms with van der Waals surface area (Å²) in [6.45, 7) is 0.627. The number of rotatable bonds is 4. The van der Waals surface area contributed by atoms with Crippen molar-refractivity contribution in [1.29, 1.82) is 0 Å². The topological polar surface area (TPSA) is 66.5 Å². The van der Waals surface area contributed by atoms with Crippen molar-refractivity contribution in [3.8, 4) is 0 Å². The molecule has 122 valence electrons. The van der Waals surface area contributed by atoms with Crippen molar-refractivity contribution in [2.24, 2.45) is 0 Å². The molecule has 1 aromatic rings. The van der Waals surface area contributed by atoms with E-state index in [2.05, 4.69) is 5.32 Å². The molecule has 1 aliphatic rings. The van der Waals surface area contributed by atoms with Crippen LogP contribution in [0.25, 0.3) is 0 Å². The first-order valence-electron chi connectivity index (χ1n) is 6.97. The van der Waals surface area contributed by atoms with E-state index in [-0.39, 0.29) is 12.5 Å². The average Bonchev–Trinajstić information content (AvgIpc) is 2.45. The number of piperidine rings is 1. The largest absolute Gasteiger partial charge is 0.351 e. The van der Waals surface area contributed by atoms with Crippen LogP contribution in [0.2, 0.25) is 10.0 Å². The van der Waals surface area contributed by atoms with E-state index in [4.69, 9.17) is 23.2 Å². The molecule has 2 rings (SSSR count). The Morgan fingerprint density at radius 3 is 2.73 bits per heavy atom. The summed E-state index contributed by atoms with van der Waals surface area (Å²) in [5.74, 6) is -0.295. The lowest BCUT2D eigenvalue weighted by atomic mass is 10.0. The summed E-state index contributed by atoms with van der Waals surface area (Å²) in [7, 11) is -3.39. The minimum atomic E-state index is -3.39. The highest BCUT2D eigenvalue weighted by molar-refractivity contribution is 7.88. The smallest absolute Gasteiger partial charge is 0.238 e. The molecule has 0 radical (unpaired) electrons. The van der Waals surface area contributed by atoms with Crippen molar-refractivity contribution >= 4 is 39.1 Å². The predicted octanol–water partition coefficient (Wildman–Crippen LogP) is 2.42. The van der Waals surface area contributed by atoms with Gasteiger partial charge in [-0.2, -0.15) is 4.31 Å². The number of carbonyl (C=O) groups excluding carboxylic acids is 1. The lowest BCUT2D eigenvalue weighted by Gasteiger charge is -2.32. The van der Waals surface area contributed by atoms with Gasteiger partial charge in [-0.3, -0.25) is 4.79 Å². The minimum Gasteiger partial charge on any atom is -0.351 e. The molecule has 1 atom stereocenters. The van der Waals surface area contributed by atoms with Crippen LogP contribution in [0.5, 0.6) is 0 Å². The highest BCUT2D eigenvalue weighted by Gasteiger charge is 2.34. The molecule has 1 fully saturated rings. The van der Waals surface area contributed by atoms with E-state index in [1.165, 1.54) is 4.31 Å². The SMILES string of the molecule is CS(=O)(=O)N1CCCCC1C(=O)NCc1ccc(Cl)cc1Cl. The lowest BCUT2D eigenvalue weighted by molar-refractivity contribution is -0.125. The van der Waals surface area contributed by atoms with Gasteiger partial charge in [0.05, 0.1) is 6.26 Å². The van der Waals surface area contributed by atoms with Crippen molar-refractivity contribution in [1.82, 2.24) is 9.62 Å². The molecule has 0 spiro atoms. The first kappa shape index (κ1) is 17.5. The fourth-order valence-corrected chi connectivity index (χ4v) is 4.13. The highest BCUT2D eigenvalue weighted by Crippen LogP contribution is 2.22. The maximum Gasteiger partial charge on any atom is 0.238 e. The number of nitrogens with zero attached hydrogens (tertiary/aromatic N) is 1. The second kappa shape index (κ2) is 7.17. The molecule has 1 saturated heterocycles. The predicted molar refractivity (Wildman–Crippen MR) is 87.5 cm³/mol. The number of hydrogen-bond donors (Lipinski definition) is 1. The molecule has 1 amide bonds. The van der Waals surface area contributed by atoms with Crippen LogP contribution in [0.15, 0.2) is 18.2 Å². The Morgan fingerprint density at radius 2 is 2.09 bits per heavy atom. The molecular weight excluding hydrogens is 347 g/mol. The van der Waals surface area contributed by atoms with Crippen LogP contribution in [0.1, 0.15) is 24.8 Å². The van der Waals surface area contributed by atoms with Crippen LogP contribution in [-0.2, 0) is 21.4 Å². The van der Waals surface area contributed by atoms with Gasteiger partial charge in [0.25, 0.3) is 0 Å². The Labute approximate surface area is 140 Å².